The van der Waals surface area contributed by atoms with Crippen molar-refractivity contribution in [3.8, 4) is 17.1 Å². The van der Waals surface area contributed by atoms with Crippen molar-refractivity contribution in [2.24, 2.45) is 5.18 Å². The van der Waals surface area contributed by atoms with Gasteiger partial charge in [-0.05, 0) is 41.6 Å². The van der Waals surface area contributed by atoms with E-state index in [1.54, 1.807) is 18.2 Å². The monoisotopic (exact) mass is 329 g/mol. The quantitative estimate of drug-likeness (QED) is 0.441. The molecule has 4 rings (SSSR count). The van der Waals surface area contributed by atoms with E-state index in [-0.39, 0.29) is 11.6 Å². The minimum atomic E-state index is -0.447. The molecule has 2 heterocycles. The zero-order chi connectivity index (χ0) is 16.1. The Morgan fingerprint density at radius 3 is 2.57 bits per heavy atom. The van der Waals surface area contributed by atoms with Crippen molar-refractivity contribution < 1.29 is 9.50 Å². The molecule has 23 heavy (non-hydrogen) atoms. The molecular weight excluding hydrogens is 321 g/mol. The first-order chi connectivity index (χ1) is 11.1. The number of halogens is 2. The van der Waals surface area contributed by atoms with E-state index in [4.69, 9.17) is 11.6 Å². The number of aromatic nitrogens is 2. The normalized spacial score (nSPS) is 11.4. The Morgan fingerprint density at radius 2 is 1.78 bits per heavy atom. The second-order valence-corrected chi connectivity index (χ2v) is 5.60. The lowest BCUT2D eigenvalue weighted by atomic mass is 10.1. The highest BCUT2D eigenvalue weighted by Gasteiger charge is 2.21. The average molecular weight is 330 g/mol. The highest BCUT2D eigenvalue weighted by atomic mass is 35.5. The maximum absolute atomic E-state index is 13.6. The molecule has 0 atom stereocenters. The number of aromatic amines is 2. The summed E-state index contributed by atoms with van der Waals surface area (Å²) in [6.45, 7) is 0. The predicted molar refractivity (Wildman–Crippen MR) is 87.7 cm³/mol. The number of fused-ring (bicyclic) bond motifs is 2. The summed E-state index contributed by atoms with van der Waals surface area (Å²) < 4.78 is 13.6. The van der Waals surface area contributed by atoms with Crippen LogP contribution in [0.5, 0.6) is 5.88 Å². The number of nitrogens with zero attached hydrogens (tertiary/aromatic N) is 1. The summed E-state index contributed by atoms with van der Waals surface area (Å²) in [4.78, 5) is 17.1. The van der Waals surface area contributed by atoms with Crippen LogP contribution in [-0.2, 0) is 0 Å². The first kappa shape index (κ1) is 13.8. The van der Waals surface area contributed by atoms with Crippen molar-refractivity contribution in [1.82, 2.24) is 9.97 Å². The minimum Gasteiger partial charge on any atom is -0.494 e. The molecule has 0 bridgehead atoms. The zero-order valence-corrected chi connectivity index (χ0v) is 12.3. The summed E-state index contributed by atoms with van der Waals surface area (Å²) in [7, 11) is 0. The maximum Gasteiger partial charge on any atom is 0.199 e. The first-order valence-electron chi connectivity index (χ1n) is 6.73. The van der Waals surface area contributed by atoms with E-state index < -0.39 is 5.82 Å². The van der Waals surface area contributed by atoms with Gasteiger partial charge in [0, 0.05) is 26.8 Å². The molecule has 0 fully saturated rings. The highest BCUT2D eigenvalue weighted by Crippen LogP contribution is 2.44. The lowest BCUT2D eigenvalue weighted by Gasteiger charge is -1.99. The molecule has 0 aliphatic rings. The van der Waals surface area contributed by atoms with Crippen LogP contribution in [0, 0.1) is 10.7 Å². The fraction of sp³-hybridized carbons (Fsp3) is 0. The van der Waals surface area contributed by atoms with E-state index in [1.165, 1.54) is 18.2 Å². The Labute approximate surface area is 133 Å². The third kappa shape index (κ3) is 1.99. The SMILES string of the molecule is O=Nc1c(-c2c(O)[nH]c3ccc(F)cc23)[nH]c2ccc(Cl)cc12. The largest absolute Gasteiger partial charge is 0.494 e. The molecule has 0 aliphatic carbocycles. The molecular formula is C16H9ClFN3O2. The molecule has 7 heteroatoms. The number of hydrogen-bond acceptors (Lipinski definition) is 3. The number of H-pyrrole nitrogens is 2. The fourth-order valence-electron chi connectivity index (χ4n) is 2.83. The summed E-state index contributed by atoms with van der Waals surface area (Å²) in [6, 6.07) is 9.08. The van der Waals surface area contributed by atoms with Gasteiger partial charge >= 0.3 is 0 Å². The summed E-state index contributed by atoms with van der Waals surface area (Å²) in [5.41, 5.74) is 1.91. The molecule has 5 nitrogen and oxygen atoms in total. The van der Waals surface area contributed by atoms with E-state index >= 15 is 0 Å². The average Bonchev–Trinajstić information content (AvgIpc) is 3.02. The molecule has 2 aromatic carbocycles. The van der Waals surface area contributed by atoms with E-state index in [0.717, 1.165) is 0 Å². The van der Waals surface area contributed by atoms with Crippen LogP contribution in [0.4, 0.5) is 10.1 Å². The van der Waals surface area contributed by atoms with Crippen LogP contribution in [-0.4, -0.2) is 15.1 Å². The van der Waals surface area contributed by atoms with E-state index in [0.29, 0.717) is 38.1 Å². The first-order valence-corrected chi connectivity index (χ1v) is 7.11. The van der Waals surface area contributed by atoms with Crippen LogP contribution in [0.25, 0.3) is 33.1 Å². The molecule has 2 aromatic heterocycles. The van der Waals surface area contributed by atoms with Gasteiger partial charge in [0.25, 0.3) is 0 Å². The lowest BCUT2D eigenvalue weighted by Crippen LogP contribution is -1.78. The Balaban J connectivity index is 2.12. The third-order valence-electron chi connectivity index (χ3n) is 3.82. The van der Waals surface area contributed by atoms with Gasteiger partial charge in [0.15, 0.2) is 5.88 Å². The van der Waals surface area contributed by atoms with Crippen LogP contribution in [0.1, 0.15) is 0 Å². The smallest absolute Gasteiger partial charge is 0.199 e. The van der Waals surface area contributed by atoms with Crippen molar-refractivity contribution in [3.05, 3.63) is 52.1 Å². The number of nitrogens with one attached hydrogen (secondary N) is 2. The molecule has 3 N–H and O–H groups in total. The Kier molecular flexibility index (Phi) is 2.89. The van der Waals surface area contributed by atoms with Gasteiger partial charge in [-0.15, -0.1) is 4.91 Å². The molecule has 0 saturated heterocycles. The number of benzene rings is 2. The summed E-state index contributed by atoms with van der Waals surface area (Å²) in [5, 5.41) is 14.7. The molecule has 0 unspecified atom stereocenters. The summed E-state index contributed by atoms with van der Waals surface area (Å²) in [6.07, 6.45) is 0. The standard InChI is InChI=1S/C16H9ClFN3O2/c17-7-1-3-12-10(5-7)14(21-23)15(19-12)13-9-6-8(18)2-4-11(9)20-16(13)22/h1-6,19-20,22H. The van der Waals surface area contributed by atoms with E-state index in [9.17, 15) is 14.4 Å². The minimum absolute atomic E-state index is 0.114. The zero-order valence-electron chi connectivity index (χ0n) is 11.5. The maximum atomic E-state index is 13.6. The van der Waals surface area contributed by atoms with Crippen molar-refractivity contribution in [1.29, 1.82) is 0 Å². The number of rotatable bonds is 2. The summed E-state index contributed by atoms with van der Waals surface area (Å²) >= 11 is 5.97. The number of hydrogen-bond donors (Lipinski definition) is 3. The second kappa shape index (κ2) is 4.82. The van der Waals surface area contributed by atoms with Crippen molar-refractivity contribution >= 4 is 39.1 Å². The van der Waals surface area contributed by atoms with Gasteiger partial charge in [0.1, 0.15) is 11.5 Å². The lowest BCUT2D eigenvalue weighted by molar-refractivity contribution is 0.460. The fourth-order valence-corrected chi connectivity index (χ4v) is 3.00. The van der Waals surface area contributed by atoms with Gasteiger partial charge < -0.3 is 15.1 Å². The van der Waals surface area contributed by atoms with Crippen LogP contribution in [0.2, 0.25) is 5.02 Å². The van der Waals surface area contributed by atoms with E-state index in [1.807, 2.05) is 0 Å². The van der Waals surface area contributed by atoms with Gasteiger partial charge in [-0.3, -0.25) is 0 Å². The van der Waals surface area contributed by atoms with Gasteiger partial charge in [-0.25, -0.2) is 4.39 Å². The summed E-state index contributed by atoms with van der Waals surface area (Å²) in [5.74, 6) is -0.620. The number of nitroso groups, excluding NO2 is 1. The molecule has 0 aliphatic heterocycles. The molecule has 0 spiro atoms. The molecule has 0 amide bonds. The molecule has 114 valence electrons. The molecule has 4 aromatic rings. The Bertz CT molecular complexity index is 1080. The molecule has 0 saturated carbocycles. The predicted octanol–water partition coefficient (Wildman–Crippen LogP) is 5.21. The highest BCUT2D eigenvalue weighted by molar-refractivity contribution is 6.31. The van der Waals surface area contributed by atoms with Gasteiger partial charge in [0.2, 0.25) is 0 Å². The van der Waals surface area contributed by atoms with Gasteiger partial charge in [-0.2, -0.15) is 0 Å². The Morgan fingerprint density at radius 1 is 1.04 bits per heavy atom. The topological polar surface area (TPSA) is 81.2 Å². The number of aromatic hydroxyl groups is 1. The van der Waals surface area contributed by atoms with Crippen molar-refractivity contribution in [3.63, 3.8) is 0 Å². The van der Waals surface area contributed by atoms with Gasteiger partial charge in [-0.1, -0.05) is 11.6 Å². The van der Waals surface area contributed by atoms with Crippen molar-refractivity contribution in [2.75, 3.05) is 0 Å². The third-order valence-corrected chi connectivity index (χ3v) is 4.05. The molecule has 0 radical (unpaired) electrons. The van der Waals surface area contributed by atoms with Gasteiger partial charge in [0.05, 0.1) is 11.3 Å². The van der Waals surface area contributed by atoms with Crippen LogP contribution in [0.3, 0.4) is 0 Å². The van der Waals surface area contributed by atoms with Crippen molar-refractivity contribution in [2.45, 2.75) is 0 Å². The van der Waals surface area contributed by atoms with E-state index in [2.05, 4.69) is 15.1 Å². The second-order valence-electron chi connectivity index (χ2n) is 5.17. The van der Waals surface area contributed by atoms with Crippen LogP contribution < -0.4 is 0 Å². The van der Waals surface area contributed by atoms with Crippen LogP contribution in [0.15, 0.2) is 41.6 Å². The Hall–Kier alpha value is -2.86. The van der Waals surface area contributed by atoms with Crippen LogP contribution >= 0.6 is 11.6 Å².